The Hall–Kier alpha value is -1.58. The smallest absolute Gasteiger partial charge is 0.0564 e. The zero-order valence-corrected chi connectivity index (χ0v) is 12.0. The third-order valence-corrected chi connectivity index (χ3v) is 3.11. The molecule has 2 aromatic rings. The second kappa shape index (κ2) is 6.55. The Morgan fingerprint density at radius 1 is 1.21 bits per heavy atom. The van der Waals surface area contributed by atoms with Crippen molar-refractivity contribution in [3.05, 3.63) is 58.9 Å². The zero-order chi connectivity index (χ0) is 13.7. The van der Waals surface area contributed by atoms with Crippen LogP contribution < -0.4 is 5.32 Å². The van der Waals surface area contributed by atoms with E-state index >= 15 is 0 Å². The molecule has 1 N–H and O–H groups in total. The molecule has 4 heteroatoms. The van der Waals surface area contributed by atoms with Gasteiger partial charge in [-0.2, -0.15) is 0 Å². The number of halogens is 1. The third-order valence-electron chi connectivity index (χ3n) is 2.88. The van der Waals surface area contributed by atoms with E-state index in [1.165, 1.54) is 5.56 Å². The van der Waals surface area contributed by atoms with E-state index in [1.54, 1.807) is 0 Å². The fourth-order valence-corrected chi connectivity index (χ4v) is 2.21. The number of rotatable bonds is 5. The third kappa shape index (κ3) is 4.23. The van der Waals surface area contributed by atoms with Crippen LogP contribution in [0.5, 0.6) is 0 Å². The molecule has 0 unspecified atom stereocenters. The number of pyridine rings is 1. The Labute approximate surface area is 119 Å². The normalized spacial score (nSPS) is 10.7. The second-order valence-electron chi connectivity index (χ2n) is 4.59. The van der Waals surface area contributed by atoms with Gasteiger partial charge in [0.05, 0.1) is 5.69 Å². The summed E-state index contributed by atoms with van der Waals surface area (Å²) < 4.78 is 0. The average Bonchev–Trinajstić information content (AvgIpc) is 2.38. The van der Waals surface area contributed by atoms with Gasteiger partial charge in [-0.1, -0.05) is 23.7 Å². The maximum Gasteiger partial charge on any atom is 0.0564 e. The largest absolute Gasteiger partial charge is 0.388 e. The summed E-state index contributed by atoms with van der Waals surface area (Å²) in [6.07, 6.45) is 1.83. The summed E-state index contributed by atoms with van der Waals surface area (Å²) in [6.45, 7) is 1.66. The summed E-state index contributed by atoms with van der Waals surface area (Å²) in [7, 11) is 3.99. The number of anilines is 1. The van der Waals surface area contributed by atoms with Crippen LogP contribution in [0.25, 0.3) is 0 Å². The van der Waals surface area contributed by atoms with E-state index in [9.17, 15) is 0 Å². The van der Waals surface area contributed by atoms with E-state index in [2.05, 4.69) is 34.4 Å². The first-order valence-electron chi connectivity index (χ1n) is 6.23. The Morgan fingerprint density at radius 2 is 2.05 bits per heavy atom. The van der Waals surface area contributed by atoms with Gasteiger partial charge in [0, 0.05) is 37.0 Å². The Bertz CT molecular complexity index is 542. The first-order valence-corrected chi connectivity index (χ1v) is 6.61. The summed E-state index contributed by atoms with van der Waals surface area (Å²) in [4.78, 5) is 6.59. The molecule has 0 fully saturated rings. The zero-order valence-electron chi connectivity index (χ0n) is 11.2. The van der Waals surface area contributed by atoms with Crippen LogP contribution in [0.3, 0.4) is 0 Å². The van der Waals surface area contributed by atoms with Crippen LogP contribution >= 0.6 is 11.6 Å². The molecule has 0 spiro atoms. The number of nitrogens with zero attached hydrogens (tertiary/aromatic N) is 2. The first kappa shape index (κ1) is 13.8. The molecule has 2 rings (SSSR count). The lowest BCUT2D eigenvalue weighted by atomic mass is 10.2. The molecule has 1 aromatic heterocycles. The van der Waals surface area contributed by atoms with Crippen molar-refractivity contribution in [3.8, 4) is 0 Å². The molecule has 0 aliphatic rings. The highest BCUT2D eigenvalue weighted by atomic mass is 35.5. The minimum Gasteiger partial charge on any atom is -0.388 e. The fraction of sp³-hybridized carbons (Fsp3) is 0.267. The predicted octanol–water partition coefficient (Wildman–Crippen LogP) is 3.41. The van der Waals surface area contributed by atoms with Gasteiger partial charge >= 0.3 is 0 Å². The summed E-state index contributed by atoms with van der Waals surface area (Å²) in [6, 6.07) is 12.0. The van der Waals surface area contributed by atoms with Crippen LogP contribution in [-0.2, 0) is 13.1 Å². The van der Waals surface area contributed by atoms with E-state index in [-0.39, 0.29) is 0 Å². The SMILES string of the molecule is CNc1ccnc(CN(C)Cc2cccc(Cl)c2)c1. The van der Waals surface area contributed by atoms with E-state index < -0.39 is 0 Å². The van der Waals surface area contributed by atoms with E-state index in [0.29, 0.717) is 0 Å². The number of hydrogen-bond acceptors (Lipinski definition) is 3. The quantitative estimate of drug-likeness (QED) is 0.906. The molecule has 0 aliphatic heterocycles. The topological polar surface area (TPSA) is 28.2 Å². The molecule has 19 heavy (non-hydrogen) atoms. The van der Waals surface area contributed by atoms with Crippen molar-refractivity contribution >= 4 is 17.3 Å². The van der Waals surface area contributed by atoms with Crippen molar-refractivity contribution in [2.75, 3.05) is 19.4 Å². The summed E-state index contributed by atoms with van der Waals surface area (Å²) in [5.41, 5.74) is 3.34. The van der Waals surface area contributed by atoms with Crippen LogP contribution in [0.4, 0.5) is 5.69 Å². The van der Waals surface area contributed by atoms with Gasteiger partial charge in [-0.25, -0.2) is 0 Å². The van der Waals surface area contributed by atoms with Crippen LogP contribution in [0.15, 0.2) is 42.6 Å². The minimum absolute atomic E-state index is 0.779. The monoisotopic (exact) mass is 275 g/mol. The lowest BCUT2D eigenvalue weighted by molar-refractivity contribution is 0.315. The molecule has 0 bridgehead atoms. The Kier molecular flexibility index (Phi) is 4.77. The Balaban J connectivity index is 1.98. The van der Waals surface area contributed by atoms with Crippen molar-refractivity contribution in [2.24, 2.45) is 0 Å². The number of benzene rings is 1. The molecular formula is C15H18ClN3. The Morgan fingerprint density at radius 3 is 2.79 bits per heavy atom. The predicted molar refractivity (Wildman–Crippen MR) is 80.4 cm³/mol. The highest BCUT2D eigenvalue weighted by molar-refractivity contribution is 6.30. The van der Waals surface area contributed by atoms with Gasteiger partial charge in [0.1, 0.15) is 0 Å². The molecule has 0 aliphatic carbocycles. The van der Waals surface area contributed by atoms with Gasteiger partial charge in [-0.3, -0.25) is 9.88 Å². The molecule has 0 amide bonds. The summed E-state index contributed by atoms with van der Waals surface area (Å²) in [5, 5.41) is 3.90. The lowest BCUT2D eigenvalue weighted by Crippen LogP contribution is -2.18. The minimum atomic E-state index is 0.779. The lowest BCUT2D eigenvalue weighted by Gasteiger charge is -2.16. The molecule has 100 valence electrons. The van der Waals surface area contributed by atoms with Crippen molar-refractivity contribution in [1.29, 1.82) is 0 Å². The van der Waals surface area contributed by atoms with E-state index in [0.717, 1.165) is 29.5 Å². The fourth-order valence-electron chi connectivity index (χ4n) is 2.00. The van der Waals surface area contributed by atoms with Crippen LogP contribution in [0.2, 0.25) is 5.02 Å². The van der Waals surface area contributed by atoms with Gasteiger partial charge < -0.3 is 5.32 Å². The summed E-state index contributed by atoms with van der Waals surface area (Å²) in [5.74, 6) is 0. The standard InChI is InChI=1S/C15H18ClN3/c1-17-14-6-7-18-15(9-14)11-19(2)10-12-4-3-5-13(16)8-12/h3-9H,10-11H2,1-2H3,(H,17,18). The molecule has 0 saturated heterocycles. The van der Waals surface area contributed by atoms with Gasteiger partial charge in [0.15, 0.2) is 0 Å². The number of aromatic nitrogens is 1. The van der Waals surface area contributed by atoms with Crippen LogP contribution in [-0.4, -0.2) is 24.0 Å². The number of hydrogen-bond donors (Lipinski definition) is 1. The summed E-state index contributed by atoms with van der Waals surface area (Å²) >= 11 is 5.99. The molecule has 0 saturated carbocycles. The van der Waals surface area contributed by atoms with Crippen molar-refractivity contribution < 1.29 is 0 Å². The van der Waals surface area contributed by atoms with Gasteiger partial charge in [-0.15, -0.1) is 0 Å². The van der Waals surface area contributed by atoms with Crippen LogP contribution in [0.1, 0.15) is 11.3 Å². The molecular weight excluding hydrogens is 258 g/mol. The first-order chi connectivity index (χ1) is 9.17. The molecule has 3 nitrogen and oxygen atoms in total. The van der Waals surface area contributed by atoms with E-state index in [4.69, 9.17) is 11.6 Å². The molecule has 0 atom stereocenters. The maximum atomic E-state index is 5.99. The van der Waals surface area contributed by atoms with Gasteiger partial charge in [0.25, 0.3) is 0 Å². The van der Waals surface area contributed by atoms with E-state index in [1.807, 2.05) is 37.5 Å². The average molecular weight is 276 g/mol. The van der Waals surface area contributed by atoms with Crippen LogP contribution in [0, 0.1) is 0 Å². The molecule has 0 radical (unpaired) electrons. The van der Waals surface area contributed by atoms with Gasteiger partial charge in [-0.05, 0) is 36.9 Å². The van der Waals surface area contributed by atoms with Crippen molar-refractivity contribution in [1.82, 2.24) is 9.88 Å². The van der Waals surface area contributed by atoms with Crippen molar-refractivity contribution in [3.63, 3.8) is 0 Å². The highest BCUT2D eigenvalue weighted by Crippen LogP contribution is 2.14. The maximum absolute atomic E-state index is 5.99. The second-order valence-corrected chi connectivity index (χ2v) is 5.02. The highest BCUT2D eigenvalue weighted by Gasteiger charge is 2.04. The van der Waals surface area contributed by atoms with Crippen molar-refractivity contribution in [2.45, 2.75) is 13.1 Å². The number of nitrogens with one attached hydrogen (secondary N) is 1. The molecule has 1 aromatic carbocycles. The molecule has 1 heterocycles. The van der Waals surface area contributed by atoms with Gasteiger partial charge in [0.2, 0.25) is 0 Å².